The first-order valence-corrected chi connectivity index (χ1v) is 7.03. The van der Waals surface area contributed by atoms with Crippen LogP contribution in [-0.4, -0.2) is 11.6 Å². The Kier molecular flexibility index (Phi) is 4.59. The van der Waals surface area contributed by atoms with Crippen LogP contribution in [0.5, 0.6) is 5.75 Å². The van der Waals surface area contributed by atoms with Crippen molar-refractivity contribution in [1.29, 1.82) is 0 Å². The van der Waals surface area contributed by atoms with Crippen LogP contribution in [0.4, 0.5) is 5.69 Å². The molecule has 18 heavy (non-hydrogen) atoms. The Labute approximate surface area is 112 Å². The summed E-state index contributed by atoms with van der Waals surface area (Å²) in [5.74, 6) is 0.914. The summed E-state index contributed by atoms with van der Waals surface area (Å²) in [6.45, 7) is 5.64. The lowest BCUT2D eigenvalue weighted by molar-refractivity contribution is 0.317. The maximum Gasteiger partial charge on any atom is 0.121 e. The third kappa shape index (κ3) is 3.74. The molecule has 0 unspecified atom stereocenters. The predicted molar refractivity (Wildman–Crippen MR) is 76.4 cm³/mol. The minimum absolute atomic E-state index is 0.759. The molecule has 0 aliphatic heterocycles. The van der Waals surface area contributed by atoms with E-state index in [0.29, 0.717) is 0 Å². The Balaban J connectivity index is 1.92. The highest BCUT2D eigenvalue weighted by molar-refractivity contribution is 7.09. The van der Waals surface area contributed by atoms with Gasteiger partial charge < -0.3 is 10.1 Å². The minimum Gasteiger partial charge on any atom is -0.494 e. The summed E-state index contributed by atoms with van der Waals surface area (Å²) in [5, 5.41) is 6.53. The van der Waals surface area contributed by atoms with Gasteiger partial charge in [0.15, 0.2) is 0 Å². The van der Waals surface area contributed by atoms with Crippen molar-refractivity contribution in [3.63, 3.8) is 0 Å². The summed E-state index contributed by atoms with van der Waals surface area (Å²) in [6.07, 6.45) is 1.02. The molecule has 1 heterocycles. The van der Waals surface area contributed by atoms with Crippen molar-refractivity contribution >= 4 is 17.0 Å². The molecule has 0 saturated carbocycles. The van der Waals surface area contributed by atoms with Gasteiger partial charge in [0.25, 0.3) is 0 Å². The largest absolute Gasteiger partial charge is 0.494 e. The van der Waals surface area contributed by atoms with Crippen LogP contribution in [0.15, 0.2) is 29.6 Å². The molecular formula is C14H18N2OS. The van der Waals surface area contributed by atoms with Gasteiger partial charge in [0.2, 0.25) is 0 Å². The van der Waals surface area contributed by atoms with Crippen molar-refractivity contribution < 1.29 is 4.74 Å². The van der Waals surface area contributed by atoms with E-state index < -0.39 is 0 Å². The average molecular weight is 262 g/mol. The molecule has 0 spiro atoms. The number of ether oxygens (including phenoxy) is 1. The zero-order valence-electron chi connectivity index (χ0n) is 10.8. The number of thiazole rings is 1. The van der Waals surface area contributed by atoms with Crippen molar-refractivity contribution in [3.05, 3.63) is 40.3 Å². The highest BCUT2D eigenvalue weighted by Gasteiger charge is 2.00. The Hall–Kier alpha value is -1.55. The molecule has 3 nitrogen and oxygen atoms in total. The molecule has 1 aromatic heterocycles. The molecule has 0 aliphatic carbocycles. The number of aryl methyl sites for hydroxylation is 1. The standard InChI is InChI=1S/C14H18N2OS/c1-3-7-17-13-6-4-5-12(8-13)15-9-14-16-11(2)10-18-14/h4-6,8,10,15H,3,7,9H2,1-2H3. The molecular weight excluding hydrogens is 244 g/mol. The van der Waals surface area contributed by atoms with E-state index in [9.17, 15) is 0 Å². The van der Waals surface area contributed by atoms with Crippen LogP contribution in [-0.2, 0) is 6.54 Å². The summed E-state index contributed by atoms with van der Waals surface area (Å²) in [5.41, 5.74) is 2.15. The number of hydrogen-bond acceptors (Lipinski definition) is 4. The van der Waals surface area contributed by atoms with Crippen LogP contribution in [0.2, 0.25) is 0 Å². The first kappa shape index (κ1) is 12.9. The summed E-state index contributed by atoms with van der Waals surface area (Å²) in [7, 11) is 0. The van der Waals surface area contributed by atoms with Crippen LogP contribution in [0, 0.1) is 6.92 Å². The Morgan fingerprint density at radius 2 is 2.28 bits per heavy atom. The fourth-order valence-corrected chi connectivity index (χ4v) is 2.29. The van der Waals surface area contributed by atoms with Gasteiger partial charge in [-0.2, -0.15) is 0 Å². The number of aromatic nitrogens is 1. The van der Waals surface area contributed by atoms with E-state index >= 15 is 0 Å². The van der Waals surface area contributed by atoms with E-state index in [0.717, 1.165) is 41.7 Å². The number of anilines is 1. The van der Waals surface area contributed by atoms with Gasteiger partial charge in [0, 0.05) is 22.8 Å². The van der Waals surface area contributed by atoms with Crippen LogP contribution >= 0.6 is 11.3 Å². The van der Waals surface area contributed by atoms with Crippen molar-refractivity contribution in [2.45, 2.75) is 26.8 Å². The third-order valence-electron chi connectivity index (χ3n) is 2.42. The molecule has 4 heteroatoms. The topological polar surface area (TPSA) is 34.1 Å². The van der Waals surface area contributed by atoms with Gasteiger partial charge in [-0.1, -0.05) is 13.0 Å². The quantitative estimate of drug-likeness (QED) is 0.858. The molecule has 2 aromatic rings. The fourth-order valence-electron chi connectivity index (χ4n) is 1.58. The van der Waals surface area contributed by atoms with Crippen LogP contribution in [0.25, 0.3) is 0 Å². The third-order valence-corrected chi connectivity index (χ3v) is 3.38. The molecule has 1 aromatic carbocycles. The average Bonchev–Trinajstić information content (AvgIpc) is 2.80. The fraction of sp³-hybridized carbons (Fsp3) is 0.357. The molecule has 1 N–H and O–H groups in total. The second kappa shape index (κ2) is 6.40. The molecule has 0 amide bonds. The van der Waals surface area contributed by atoms with Crippen molar-refractivity contribution in [1.82, 2.24) is 4.98 Å². The first-order valence-electron chi connectivity index (χ1n) is 6.15. The summed E-state index contributed by atoms with van der Waals surface area (Å²) in [6, 6.07) is 8.05. The Bertz CT molecular complexity index is 496. The van der Waals surface area contributed by atoms with Crippen LogP contribution < -0.4 is 10.1 Å². The summed E-state index contributed by atoms with van der Waals surface area (Å²) < 4.78 is 5.60. The van der Waals surface area contributed by atoms with Crippen molar-refractivity contribution in [3.8, 4) is 5.75 Å². The van der Waals surface area contributed by atoms with Gasteiger partial charge in [-0.15, -0.1) is 11.3 Å². The van der Waals surface area contributed by atoms with E-state index in [1.807, 2.05) is 31.2 Å². The maximum absolute atomic E-state index is 5.60. The van der Waals surface area contributed by atoms with E-state index in [2.05, 4.69) is 22.6 Å². The van der Waals surface area contributed by atoms with Gasteiger partial charge in [-0.05, 0) is 25.5 Å². The minimum atomic E-state index is 0.759. The van der Waals surface area contributed by atoms with Crippen molar-refractivity contribution in [2.75, 3.05) is 11.9 Å². The van der Waals surface area contributed by atoms with Gasteiger partial charge in [0.1, 0.15) is 10.8 Å². The molecule has 0 saturated heterocycles. The lowest BCUT2D eigenvalue weighted by Crippen LogP contribution is -2.00. The van der Waals surface area contributed by atoms with Crippen molar-refractivity contribution in [2.24, 2.45) is 0 Å². The maximum atomic E-state index is 5.60. The molecule has 0 atom stereocenters. The normalized spacial score (nSPS) is 10.3. The molecule has 0 radical (unpaired) electrons. The number of benzene rings is 1. The highest BCUT2D eigenvalue weighted by Crippen LogP contribution is 2.19. The van der Waals surface area contributed by atoms with Gasteiger partial charge in [-0.3, -0.25) is 0 Å². The van der Waals surface area contributed by atoms with Gasteiger partial charge in [-0.25, -0.2) is 4.98 Å². The molecule has 96 valence electrons. The number of nitrogens with one attached hydrogen (secondary N) is 1. The molecule has 0 aliphatic rings. The zero-order valence-corrected chi connectivity index (χ0v) is 11.6. The SMILES string of the molecule is CCCOc1cccc(NCc2nc(C)cs2)c1. The van der Waals surface area contributed by atoms with Gasteiger partial charge in [0.05, 0.1) is 13.2 Å². The molecule has 0 bridgehead atoms. The zero-order chi connectivity index (χ0) is 12.8. The smallest absolute Gasteiger partial charge is 0.121 e. The Morgan fingerprint density at radius 3 is 3.00 bits per heavy atom. The Morgan fingerprint density at radius 1 is 1.39 bits per heavy atom. The van der Waals surface area contributed by atoms with E-state index in [1.165, 1.54) is 0 Å². The van der Waals surface area contributed by atoms with Crippen LogP contribution in [0.1, 0.15) is 24.0 Å². The van der Waals surface area contributed by atoms with E-state index in [-0.39, 0.29) is 0 Å². The lowest BCUT2D eigenvalue weighted by Gasteiger charge is -2.08. The monoisotopic (exact) mass is 262 g/mol. The highest BCUT2D eigenvalue weighted by atomic mass is 32.1. The number of hydrogen-bond donors (Lipinski definition) is 1. The summed E-state index contributed by atoms with van der Waals surface area (Å²) in [4.78, 5) is 4.42. The van der Waals surface area contributed by atoms with E-state index in [1.54, 1.807) is 11.3 Å². The summed E-state index contributed by atoms with van der Waals surface area (Å²) >= 11 is 1.68. The lowest BCUT2D eigenvalue weighted by atomic mass is 10.3. The second-order valence-electron chi connectivity index (χ2n) is 4.11. The van der Waals surface area contributed by atoms with E-state index in [4.69, 9.17) is 4.74 Å². The number of rotatable bonds is 6. The molecule has 2 rings (SSSR count). The molecule has 0 fully saturated rings. The first-order chi connectivity index (χ1) is 8.78. The predicted octanol–water partition coefficient (Wildman–Crippen LogP) is 3.85. The van der Waals surface area contributed by atoms with Crippen LogP contribution in [0.3, 0.4) is 0 Å². The second-order valence-corrected chi connectivity index (χ2v) is 5.06. The van der Waals surface area contributed by atoms with Gasteiger partial charge >= 0.3 is 0 Å². The number of nitrogens with zero attached hydrogens (tertiary/aromatic N) is 1.